The molecule has 146 valence electrons. The molecule has 2 aromatic rings. The number of hydrogen-bond acceptors (Lipinski definition) is 3. The maximum absolute atomic E-state index is 4.52. The van der Waals surface area contributed by atoms with Crippen molar-refractivity contribution < 1.29 is 0 Å². The van der Waals surface area contributed by atoms with E-state index in [9.17, 15) is 0 Å². The molecule has 0 saturated carbocycles. The van der Waals surface area contributed by atoms with Crippen molar-refractivity contribution in [3.63, 3.8) is 0 Å². The second-order valence-electron chi connectivity index (χ2n) is 7.74. The van der Waals surface area contributed by atoms with Gasteiger partial charge in [0.15, 0.2) is 0 Å². The molecule has 0 fully saturated rings. The molecule has 1 unspecified atom stereocenters. The van der Waals surface area contributed by atoms with Crippen molar-refractivity contribution in [2.45, 2.75) is 46.6 Å². The summed E-state index contributed by atoms with van der Waals surface area (Å²) in [5.74, 6) is 0. The Hall–Kier alpha value is -2.52. The lowest BCUT2D eigenvalue weighted by molar-refractivity contribution is 0.219. The molecule has 0 radical (unpaired) electrons. The van der Waals surface area contributed by atoms with E-state index in [0.717, 1.165) is 42.8 Å². The predicted molar refractivity (Wildman–Crippen MR) is 120 cm³/mol. The van der Waals surface area contributed by atoms with Gasteiger partial charge in [-0.05, 0) is 74.9 Å². The molecule has 1 atom stereocenters. The molecule has 28 heavy (non-hydrogen) atoms. The molecule has 0 N–H and O–H groups in total. The summed E-state index contributed by atoms with van der Waals surface area (Å²) in [6.07, 6.45) is 7.62. The molecule has 0 spiro atoms. The molecule has 0 aliphatic carbocycles. The maximum atomic E-state index is 4.52. The lowest BCUT2D eigenvalue weighted by Gasteiger charge is -2.35. The monoisotopic (exact) mass is 373 g/mol. The Bertz CT molecular complexity index is 893. The van der Waals surface area contributed by atoms with Crippen LogP contribution in [0, 0.1) is 6.92 Å². The van der Waals surface area contributed by atoms with E-state index in [4.69, 9.17) is 0 Å². The van der Waals surface area contributed by atoms with Crippen LogP contribution >= 0.6 is 0 Å². The van der Waals surface area contributed by atoms with Gasteiger partial charge in [-0.3, -0.25) is 14.9 Å². The van der Waals surface area contributed by atoms with Crippen molar-refractivity contribution >= 4 is 17.5 Å². The standard InChI is InChI=1S/C25H31N3/c1-6-27-25-15-23(10-9-18(25)2)21(5)28-13-11-22(20(4)17-28)14-19(3)24-8-7-12-26-16-24/h6-10,12,15-16,21H,3,11,13-14,17H2,1-2,4-5H3/b27-6-. The highest BCUT2D eigenvalue weighted by Gasteiger charge is 2.22. The van der Waals surface area contributed by atoms with Crippen LogP contribution in [0.25, 0.3) is 5.57 Å². The van der Waals surface area contributed by atoms with Crippen LogP contribution in [0.2, 0.25) is 0 Å². The van der Waals surface area contributed by atoms with Gasteiger partial charge < -0.3 is 0 Å². The van der Waals surface area contributed by atoms with E-state index >= 15 is 0 Å². The third kappa shape index (κ3) is 4.66. The first-order valence-corrected chi connectivity index (χ1v) is 10.1. The number of pyridine rings is 1. The zero-order valence-corrected chi connectivity index (χ0v) is 17.6. The Morgan fingerprint density at radius 2 is 2.14 bits per heavy atom. The second kappa shape index (κ2) is 9.11. The molecule has 3 heteroatoms. The van der Waals surface area contributed by atoms with Gasteiger partial charge in [-0.2, -0.15) is 0 Å². The zero-order chi connectivity index (χ0) is 20.1. The van der Waals surface area contributed by atoms with Crippen LogP contribution in [-0.4, -0.2) is 29.2 Å². The zero-order valence-electron chi connectivity index (χ0n) is 17.6. The third-order valence-electron chi connectivity index (χ3n) is 5.77. The molecular formula is C25H31N3. The van der Waals surface area contributed by atoms with E-state index in [1.165, 1.54) is 22.3 Å². The van der Waals surface area contributed by atoms with E-state index in [1.807, 2.05) is 31.6 Å². The van der Waals surface area contributed by atoms with Crippen LogP contribution in [0.5, 0.6) is 0 Å². The number of aliphatic imine (C=N–C) groups is 1. The summed E-state index contributed by atoms with van der Waals surface area (Å²) in [6, 6.07) is 11.1. The third-order valence-corrected chi connectivity index (χ3v) is 5.77. The number of aromatic nitrogens is 1. The highest BCUT2D eigenvalue weighted by atomic mass is 15.2. The summed E-state index contributed by atoms with van der Waals surface area (Å²) >= 11 is 0. The van der Waals surface area contributed by atoms with E-state index in [0.29, 0.717) is 6.04 Å². The van der Waals surface area contributed by atoms with Gasteiger partial charge in [0.2, 0.25) is 0 Å². The lowest BCUT2D eigenvalue weighted by Crippen LogP contribution is -2.33. The SMILES string of the molecule is C=C(CC1=C(C)CN(C(C)c2ccc(C)c(/N=C\C)c2)CC1)c1cccnc1. The minimum absolute atomic E-state index is 0.379. The highest BCUT2D eigenvalue weighted by molar-refractivity contribution is 5.65. The van der Waals surface area contributed by atoms with Crippen molar-refractivity contribution in [1.29, 1.82) is 0 Å². The second-order valence-corrected chi connectivity index (χ2v) is 7.74. The summed E-state index contributed by atoms with van der Waals surface area (Å²) in [6.45, 7) is 15.0. The first kappa shape index (κ1) is 20.2. The van der Waals surface area contributed by atoms with Crippen LogP contribution in [0.1, 0.15) is 56.3 Å². The van der Waals surface area contributed by atoms with Crippen LogP contribution in [-0.2, 0) is 0 Å². The summed E-state index contributed by atoms with van der Waals surface area (Å²) in [5.41, 5.74) is 8.93. The normalized spacial score (nSPS) is 16.6. The van der Waals surface area contributed by atoms with Crippen molar-refractivity contribution in [2.24, 2.45) is 4.99 Å². The molecule has 3 nitrogen and oxygen atoms in total. The maximum Gasteiger partial charge on any atom is 0.0658 e. The summed E-state index contributed by atoms with van der Waals surface area (Å²) in [4.78, 5) is 11.3. The molecule has 3 rings (SSSR count). The summed E-state index contributed by atoms with van der Waals surface area (Å²) in [7, 11) is 0. The fourth-order valence-electron chi connectivity index (χ4n) is 3.86. The van der Waals surface area contributed by atoms with E-state index in [-0.39, 0.29) is 0 Å². The first-order valence-electron chi connectivity index (χ1n) is 10.1. The number of rotatable bonds is 6. The predicted octanol–water partition coefficient (Wildman–Crippen LogP) is 6.30. The minimum atomic E-state index is 0.379. The average Bonchev–Trinajstić information content (AvgIpc) is 2.71. The highest BCUT2D eigenvalue weighted by Crippen LogP contribution is 2.33. The van der Waals surface area contributed by atoms with E-state index in [2.05, 4.69) is 66.5 Å². The first-order chi connectivity index (χ1) is 13.5. The molecular weight excluding hydrogens is 342 g/mol. The Morgan fingerprint density at radius 3 is 2.82 bits per heavy atom. The van der Waals surface area contributed by atoms with Crippen LogP contribution < -0.4 is 0 Å². The Labute approximate surface area is 169 Å². The Balaban J connectivity index is 1.70. The summed E-state index contributed by atoms with van der Waals surface area (Å²) in [5, 5.41) is 0. The quantitative estimate of drug-likeness (QED) is 0.439. The average molecular weight is 374 g/mol. The van der Waals surface area contributed by atoms with Crippen LogP contribution in [0.15, 0.2) is 65.4 Å². The molecule has 0 bridgehead atoms. The van der Waals surface area contributed by atoms with Crippen molar-refractivity contribution in [3.8, 4) is 0 Å². The number of hydrogen-bond donors (Lipinski definition) is 0. The number of allylic oxidation sites excluding steroid dienone is 1. The van der Waals surface area contributed by atoms with Gasteiger partial charge >= 0.3 is 0 Å². The van der Waals surface area contributed by atoms with Gasteiger partial charge in [-0.1, -0.05) is 35.9 Å². The molecule has 1 aromatic heterocycles. The minimum Gasteiger partial charge on any atom is -0.292 e. The fraction of sp³-hybridized carbons (Fsp3) is 0.360. The smallest absolute Gasteiger partial charge is 0.0658 e. The van der Waals surface area contributed by atoms with Crippen molar-refractivity contribution in [3.05, 3.63) is 77.1 Å². The van der Waals surface area contributed by atoms with E-state index in [1.54, 1.807) is 0 Å². The summed E-state index contributed by atoms with van der Waals surface area (Å²) < 4.78 is 0. The fourth-order valence-corrected chi connectivity index (χ4v) is 3.86. The van der Waals surface area contributed by atoms with Crippen LogP contribution in [0.4, 0.5) is 5.69 Å². The lowest BCUT2D eigenvalue weighted by atomic mass is 9.91. The molecule has 2 heterocycles. The molecule has 0 amide bonds. The van der Waals surface area contributed by atoms with Crippen LogP contribution in [0.3, 0.4) is 0 Å². The Kier molecular flexibility index (Phi) is 6.58. The number of aryl methyl sites for hydroxylation is 1. The van der Waals surface area contributed by atoms with Crippen molar-refractivity contribution in [1.82, 2.24) is 9.88 Å². The van der Waals surface area contributed by atoms with Crippen molar-refractivity contribution in [2.75, 3.05) is 13.1 Å². The Morgan fingerprint density at radius 1 is 1.32 bits per heavy atom. The van der Waals surface area contributed by atoms with E-state index < -0.39 is 0 Å². The number of benzene rings is 1. The number of nitrogens with zero attached hydrogens (tertiary/aromatic N) is 3. The van der Waals surface area contributed by atoms with Gasteiger partial charge in [-0.15, -0.1) is 0 Å². The van der Waals surface area contributed by atoms with Gasteiger partial charge in [0.1, 0.15) is 0 Å². The van der Waals surface area contributed by atoms with Gasteiger partial charge in [-0.25, -0.2) is 0 Å². The molecule has 0 saturated heterocycles. The van der Waals surface area contributed by atoms with Gasteiger partial charge in [0.25, 0.3) is 0 Å². The molecule has 1 aromatic carbocycles. The molecule has 1 aliphatic heterocycles. The van der Waals surface area contributed by atoms with Gasteiger partial charge in [0, 0.05) is 37.7 Å². The molecule has 1 aliphatic rings. The largest absolute Gasteiger partial charge is 0.292 e. The van der Waals surface area contributed by atoms with Gasteiger partial charge in [0.05, 0.1) is 5.69 Å². The topological polar surface area (TPSA) is 28.5 Å².